The minimum atomic E-state index is -0.0810. The number of hydrogen-bond donors (Lipinski definition) is 1. The summed E-state index contributed by atoms with van der Waals surface area (Å²) < 4.78 is 0. The third-order valence-corrected chi connectivity index (χ3v) is 11.6. The van der Waals surface area contributed by atoms with Gasteiger partial charge in [-0.3, -0.25) is 4.79 Å². The highest BCUT2D eigenvalue weighted by Gasteiger charge is 2.65. The molecule has 0 aromatic rings. The standard InChI is InChI=1S/C29H46O2/c1-18(2)24(30)10-6-19(3)21-8-9-22-20-7-11-25-28(5,23(20)12-14-27(21,22)4)15-13-26(31)29(25)16-17-29/h11,18-23,26,31H,6-10,12-17H2,1-5H3/t19-,20+,21-,22+,23+,26?,27-,28-/m1/s1. The third kappa shape index (κ3) is 3.17. The number of fused-ring (bicyclic) bond motifs is 6. The first-order valence-corrected chi connectivity index (χ1v) is 13.6. The second kappa shape index (κ2) is 7.44. The molecule has 0 saturated heterocycles. The lowest BCUT2D eigenvalue weighted by Crippen LogP contribution is -2.53. The Labute approximate surface area is 190 Å². The molecule has 0 aliphatic heterocycles. The van der Waals surface area contributed by atoms with Gasteiger partial charge in [-0.1, -0.05) is 46.3 Å². The van der Waals surface area contributed by atoms with Gasteiger partial charge in [0.15, 0.2) is 0 Å². The van der Waals surface area contributed by atoms with Crippen LogP contribution in [-0.2, 0) is 4.79 Å². The van der Waals surface area contributed by atoms with Crippen molar-refractivity contribution in [1.82, 2.24) is 0 Å². The van der Waals surface area contributed by atoms with E-state index in [4.69, 9.17) is 0 Å². The highest BCUT2D eigenvalue weighted by atomic mass is 16.3. The predicted octanol–water partition coefficient (Wildman–Crippen LogP) is 6.96. The average molecular weight is 427 g/mol. The minimum absolute atomic E-state index is 0.0810. The van der Waals surface area contributed by atoms with Crippen molar-refractivity contribution in [2.75, 3.05) is 0 Å². The number of carbonyl (C=O) groups excluding carboxylic acids is 1. The molecule has 0 aromatic heterocycles. The molecule has 5 aliphatic rings. The fourth-order valence-electron chi connectivity index (χ4n) is 9.65. The smallest absolute Gasteiger partial charge is 0.135 e. The van der Waals surface area contributed by atoms with Gasteiger partial charge in [-0.25, -0.2) is 0 Å². The number of aliphatic hydroxyl groups is 1. The molecule has 2 heteroatoms. The molecule has 0 heterocycles. The van der Waals surface area contributed by atoms with Crippen LogP contribution >= 0.6 is 0 Å². The van der Waals surface area contributed by atoms with Gasteiger partial charge in [-0.2, -0.15) is 0 Å². The van der Waals surface area contributed by atoms with Crippen LogP contribution in [0.3, 0.4) is 0 Å². The van der Waals surface area contributed by atoms with E-state index in [-0.39, 0.29) is 17.4 Å². The van der Waals surface area contributed by atoms with Crippen LogP contribution in [0.25, 0.3) is 0 Å². The van der Waals surface area contributed by atoms with Gasteiger partial charge < -0.3 is 5.11 Å². The average Bonchev–Trinajstić information content (AvgIpc) is 3.44. The zero-order chi connectivity index (χ0) is 22.2. The third-order valence-electron chi connectivity index (χ3n) is 11.6. The molecule has 4 fully saturated rings. The number of aliphatic hydroxyl groups excluding tert-OH is 1. The van der Waals surface area contributed by atoms with Gasteiger partial charge in [-0.15, -0.1) is 0 Å². The number of carbonyl (C=O) groups is 1. The molecule has 5 rings (SSSR count). The quantitative estimate of drug-likeness (QED) is 0.483. The van der Waals surface area contributed by atoms with Gasteiger partial charge in [0.05, 0.1) is 6.10 Å². The summed E-state index contributed by atoms with van der Waals surface area (Å²) in [6.45, 7) is 11.7. The van der Waals surface area contributed by atoms with E-state index >= 15 is 0 Å². The predicted molar refractivity (Wildman–Crippen MR) is 126 cm³/mol. The van der Waals surface area contributed by atoms with Crippen molar-refractivity contribution in [3.05, 3.63) is 11.6 Å². The Kier molecular flexibility index (Phi) is 5.32. The van der Waals surface area contributed by atoms with Crippen LogP contribution in [0, 0.1) is 51.8 Å². The first-order valence-electron chi connectivity index (χ1n) is 13.6. The summed E-state index contributed by atoms with van der Waals surface area (Å²) in [6, 6.07) is 0. The lowest BCUT2D eigenvalue weighted by atomic mass is 9.45. The summed E-state index contributed by atoms with van der Waals surface area (Å²) in [5, 5.41) is 10.8. The van der Waals surface area contributed by atoms with Gasteiger partial charge in [0.2, 0.25) is 0 Å². The van der Waals surface area contributed by atoms with Crippen LogP contribution < -0.4 is 0 Å². The summed E-state index contributed by atoms with van der Waals surface area (Å²) >= 11 is 0. The zero-order valence-corrected chi connectivity index (χ0v) is 20.8. The van der Waals surface area contributed by atoms with Crippen molar-refractivity contribution < 1.29 is 9.90 Å². The number of ketones is 1. The summed E-state index contributed by atoms with van der Waals surface area (Å²) in [5.41, 5.74) is 2.66. The lowest BCUT2D eigenvalue weighted by molar-refractivity contribution is -0.122. The van der Waals surface area contributed by atoms with Crippen molar-refractivity contribution >= 4 is 5.78 Å². The van der Waals surface area contributed by atoms with E-state index in [1.807, 2.05) is 13.8 Å². The molecule has 5 aliphatic carbocycles. The Morgan fingerprint density at radius 1 is 1.03 bits per heavy atom. The Balaban J connectivity index is 1.35. The second-order valence-corrected chi connectivity index (χ2v) is 13.2. The Bertz CT molecular complexity index is 761. The molecule has 31 heavy (non-hydrogen) atoms. The largest absolute Gasteiger partial charge is 0.392 e. The highest BCUT2D eigenvalue weighted by Crippen LogP contribution is 2.72. The van der Waals surface area contributed by atoms with Crippen molar-refractivity contribution in [1.29, 1.82) is 0 Å². The molecule has 0 amide bonds. The van der Waals surface area contributed by atoms with E-state index in [0.29, 0.717) is 22.5 Å². The van der Waals surface area contributed by atoms with Gasteiger partial charge >= 0.3 is 0 Å². The monoisotopic (exact) mass is 426 g/mol. The molecule has 1 unspecified atom stereocenters. The Hall–Kier alpha value is -0.630. The maximum atomic E-state index is 12.2. The van der Waals surface area contributed by atoms with Crippen molar-refractivity contribution in [3.63, 3.8) is 0 Å². The second-order valence-electron chi connectivity index (χ2n) is 13.2. The molecule has 0 radical (unpaired) electrons. The summed E-state index contributed by atoms with van der Waals surface area (Å²) in [5.74, 6) is 4.61. The normalized spacial score (nSPS) is 46.2. The fourth-order valence-corrected chi connectivity index (χ4v) is 9.65. The van der Waals surface area contributed by atoms with Crippen molar-refractivity contribution in [2.45, 2.75) is 111 Å². The van der Waals surface area contributed by atoms with Crippen LogP contribution in [0.1, 0.15) is 105 Å². The van der Waals surface area contributed by atoms with E-state index in [2.05, 4.69) is 26.8 Å². The number of Topliss-reactive ketones (excluding diaryl/α,β-unsaturated/α-hetero) is 1. The van der Waals surface area contributed by atoms with E-state index in [1.165, 1.54) is 51.4 Å². The SMILES string of the molecule is CC(C)C(=O)CC[C@@H](C)[C@H]1CC[C@H]2[C@@H]3CC=C4C5(CC5)C(O)CC[C@]4(C)[C@H]3CC[C@]12C. The molecule has 2 nitrogen and oxygen atoms in total. The molecule has 174 valence electrons. The molecule has 0 bridgehead atoms. The molecule has 1 spiro atoms. The van der Waals surface area contributed by atoms with E-state index in [9.17, 15) is 9.90 Å². The van der Waals surface area contributed by atoms with Gasteiger partial charge in [0.1, 0.15) is 5.78 Å². The van der Waals surface area contributed by atoms with E-state index in [0.717, 1.165) is 42.9 Å². The van der Waals surface area contributed by atoms with Crippen LogP contribution in [-0.4, -0.2) is 17.0 Å². The molecule has 4 saturated carbocycles. The minimum Gasteiger partial charge on any atom is -0.392 e. The summed E-state index contributed by atoms with van der Waals surface area (Å²) in [6.07, 6.45) is 15.9. The fraction of sp³-hybridized carbons (Fsp3) is 0.897. The molecular weight excluding hydrogens is 380 g/mol. The van der Waals surface area contributed by atoms with Crippen molar-refractivity contribution in [2.24, 2.45) is 51.8 Å². The molecule has 8 atom stereocenters. The van der Waals surface area contributed by atoms with Gasteiger partial charge in [0.25, 0.3) is 0 Å². The van der Waals surface area contributed by atoms with Crippen LogP contribution in [0.5, 0.6) is 0 Å². The zero-order valence-electron chi connectivity index (χ0n) is 20.8. The molecule has 1 N–H and O–H groups in total. The summed E-state index contributed by atoms with van der Waals surface area (Å²) in [7, 11) is 0. The number of rotatable bonds is 5. The molecular formula is C29H46O2. The topological polar surface area (TPSA) is 37.3 Å². The Morgan fingerprint density at radius 2 is 1.77 bits per heavy atom. The maximum absolute atomic E-state index is 12.2. The molecule has 0 aromatic carbocycles. The van der Waals surface area contributed by atoms with E-state index < -0.39 is 0 Å². The number of allylic oxidation sites excluding steroid dienone is 1. The highest BCUT2D eigenvalue weighted by molar-refractivity contribution is 5.80. The van der Waals surface area contributed by atoms with Crippen LogP contribution in [0.2, 0.25) is 0 Å². The van der Waals surface area contributed by atoms with Gasteiger partial charge in [-0.05, 0) is 105 Å². The first kappa shape index (κ1) is 22.2. The lowest BCUT2D eigenvalue weighted by Gasteiger charge is -2.60. The Morgan fingerprint density at radius 3 is 2.45 bits per heavy atom. The van der Waals surface area contributed by atoms with Crippen molar-refractivity contribution in [3.8, 4) is 0 Å². The number of hydrogen-bond acceptors (Lipinski definition) is 2. The first-order chi connectivity index (χ1) is 14.6. The summed E-state index contributed by atoms with van der Waals surface area (Å²) in [4.78, 5) is 12.2. The van der Waals surface area contributed by atoms with E-state index in [1.54, 1.807) is 5.57 Å². The maximum Gasteiger partial charge on any atom is 0.135 e. The van der Waals surface area contributed by atoms with Crippen LogP contribution in [0.15, 0.2) is 11.6 Å². The van der Waals surface area contributed by atoms with Crippen LogP contribution in [0.4, 0.5) is 0 Å². The van der Waals surface area contributed by atoms with Gasteiger partial charge in [0, 0.05) is 17.8 Å².